The molecule has 1 N–H and O–H groups in total. The first-order valence-corrected chi connectivity index (χ1v) is 7.69. The number of aromatic nitrogens is 1. The zero-order valence-electron chi connectivity index (χ0n) is 13.6. The third-order valence-electron chi connectivity index (χ3n) is 3.78. The van der Waals surface area contributed by atoms with Crippen LogP contribution in [-0.2, 0) is 22.5 Å². The largest absolute Gasteiger partial charge is 0.497 e. The summed E-state index contributed by atoms with van der Waals surface area (Å²) in [4.78, 5) is 10.8. The molecule has 2 aromatic rings. The van der Waals surface area contributed by atoms with Crippen molar-refractivity contribution in [2.45, 2.75) is 25.8 Å². The Kier molecular flexibility index (Phi) is 6.23. The summed E-state index contributed by atoms with van der Waals surface area (Å²) in [5, 5.41) is 8.92. The molecule has 0 spiro atoms. The van der Waals surface area contributed by atoms with Crippen molar-refractivity contribution in [1.29, 1.82) is 0 Å². The molecule has 23 heavy (non-hydrogen) atoms. The molecule has 5 heteroatoms. The van der Waals surface area contributed by atoms with Gasteiger partial charge in [0.2, 0.25) is 0 Å². The van der Waals surface area contributed by atoms with Crippen LogP contribution in [-0.4, -0.2) is 36.5 Å². The Labute approximate surface area is 136 Å². The Bertz CT molecular complexity index is 631. The number of aryl methyl sites for hydroxylation is 1. The van der Waals surface area contributed by atoms with Gasteiger partial charge in [0.1, 0.15) is 5.75 Å². The van der Waals surface area contributed by atoms with Gasteiger partial charge in [0, 0.05) is 31.6 Å². The molecule has 2 rings (SSSR count). The van der Waals surface area contributed by atoms with Crippen molar-refractivity contribution in [2.75, 3.05) is 20.8 Å². The van der Waals surface area contributed by atoms with Crippen molar-refractivity contribution < 1.29 is 19.4 Å². The number of benzene rings is 1. The molecule has 0 saturated carbocycles. The molecule has 0 atom stereocenters. The lowest BCUT2D eigenvalue weighted by atomic mass is 10.1. The van der Waals surface area contributed by atoms with Crippen molar-refractivity contribution >= 4 is 5.97 Å². The molecule has 0 amide bonds. The van der Waals surface area contributed by atoms with Gasteiger partial charge in [0.05, 0.1) is 13.5 Å². The smallest absolute Gasteiger partial charge is 0.303 e. The molecule has 1 aromatic heterocycles. The van der Waals surface area contributed by atoms with Crippen LogP contribution in [0.15, 0.2) is 36.4 Å². The van der Waals surface area contributed by atoms with E-state index >= 15 is 0 Å². The first-order valence-electron chi connectivity index (χ1n) is 7.69. The van der Waals surface area contributed by atoms with Gasteiger partial charge in [0.15, 0.2) is 0 Å². The molecule has 0 bridgehead atoms. The van der Waals surface area contributed by atoms with Gasteiger partial charge in [-0.25, -0.2) is 0 Å². The molecule has 0 fully saturated rings. The summed E-state index contributed by atoms with van der Waals surface area (Å²) in [6.07, 6.45) is 1.54. The number of ether oxygens (including phenoxy) is 2. The van der Waals surface area contributed by atoms with Crippen LogP contribution < -0.4 is 4.74 Å². The van der Waals surface area contributed by atoms with Crippen LogP contribution in [0, 0.1) is 0 Å². The van der Waals surface area contributed by atoms with Crippen LogP contribution in [0.4, 0.5) is 0 Å². The Hall–Kier alpha value is -2.27. The van der Waals surface area contributed by atoms with E-state index in [1.165, 1.54) is 0 Å². The van der Waals surface area contributed by atoms with Gasteiger partial charge in [-0.15, -0.1) is 0 Å². The van der Waals surface area contributed by atoms with E-state index in [2.05, 4.69) is 4.57 Å². The van der Waals surface area contributed by atoms with E-state index in [9.17, 15) is 4.79 Å². The minimum Gasteiger partial charge on any atom is -0.497 e. The van der Waals surface area contributed by atoms with Crippen LogP contribution in [0.5, 0.6) is 5.75 Å². The maximum atomic E-state index is 10.8. The van der Waals surface area contributed by atoms with Crippen molar-refractivity contribution in [3.63, 3.8) is 0 Å². The number of hydrogen-bond donors (Lipinski definition) is 1. The fourth-order valence-electron chi connectivity index (χ4n) is 2.61. The maximum Gasteiger partial charge on any atom is 0.303 e. The van der Waals surface area contributed by atoms with Gasteiger partial charge in [-0.3, -0.25) is 4.79 Å². The molecule has 0 saturated heterocycles. The minimum absolute atomic E-state index is 0.135. The molecular weight excluding hydrogens is 294 g/mol. The van der Waals surface area contributed by atoms with Crippen LogP contribution in [0.1, 0.15) is 18.5 Å². The summed E-state index contributed by atoms with van der Waals surface area (Å²) >= 11 is 0. The molecule has 0 radical (unpaired) electrons. The number of carboxylic acid groups (broad SMARTS) is 1. The van der Waals surface area contributed by atoms with E-state index in [-0.39, 0.29) is 6.42 Å². The predicted molar refractivity (Wildman–Crippen MR) is 88.9 cm³/mol. The Balaban J connectivity index is 2.26. The van der Waals surface area contributed by atoms with Crippen molar-refractivity contribution in [2.24, 2.45) is 0 Å². The topological polar surface area (TPSA) is 60.7 Å². The maximum absolute atomic E-state index is 10.8. The highest BCUT2D eigenvalue weighted by Gasteiger charge is 2.11. The van der Waals surface area contributed by atoms with E-state index in [0.717, 1.165) is 35.7 Å². The average molecular weight is 317 g/mol. The van der Waals surface area contributed by atoms with Gasteiger partial charge in [0.25, 0.3) is 0 Å². The summed E-state index contributed by atoms with van der Waals surface area (Å²) in [6, 6.07) is 11.9. The van der Waals surface area contributed by atoms with E-state index in [1.54, 1.807) is 14.2 Å². The number of carboxylic acids is 1. The zero-order chi connectivity index (χ0) is 16.7. The Morgan fingerprint density at radius 1 is 1.13 bits per heavy atom. The quantitative estimate of drug-likeness (QED) is 0.721. The van der Waals surface area contributed by atoms with Crippen molar-refractivity contribution in [3.05, 3.63) is 42.1 Å². The second-order valence-corrected chi connectivity index (χ2v) is 5.33. The highest BCUT2D eigenvalue weighted by atomic mass is 16.5. The summed E-state index contributed by atoms with van der Waals surface area (Å²) in [5.74, 6) is 0.0398. The number of nitrogens with zero attached hydrogens (tertiary/aromatic N) is 1. The average Bonchev–Trinajstić information content (AvgIpc) is 2.96. The monoisotopic (exact) mass is 317 g/mol. The lowest BCUT2D eigenvalue weighted by Crippen LogP contribution is -2.08. The van der Waals surface area contributed by atoms with Gasteiger partial charge < -0.3 is 19.1 Å². The van der Waals surface area contributed by atoms with Crippen LogP contribution in [0.25, 0.3) is 11.3 Å². The third kappa shape index (κ3) is 4.60. The fourth-order valence-corrected chi connectivity index (χ4v) is 2.61. The predicted octanol–water partition coefficient (Wildman–Crippen LogP) is 3.22. The SMILES string of the molecule is COCCCn1c(CCC(=O)O)ccc1-c1ccc(OC)cc1. The lowest BCUT2D eigenvalue weighted by molar-refractivity contribution is -0.136. The highest BCUT2D eigenvalue weighted by Crippen LogP contribution is 2.26. The molecule has 5 nitrogen and oxygen atoms in total. The molecule has 0 aliphatic rings. The molecule has 0 aliphatic heterocycles. The first kappa shape index (κ1) is 17.1. The second-order valence-electron chi connectivity index (χ2n) is 5.33. The molecule has 0 unspecified atom stereocenters. The minimum atomic E-state index is -0.777. The van der Waals surface area contributed by atoms with Crippen LogP contribution in [0.3, 0.4) is 0 Å². The highest BCUT2D eigenvalue weighted by molar-refractivity contribution is 5.67. The fraction of sp³-hybridized carbons (Fsp3) is 0.389. The molecular formula is C18H23NO4. The number of rotatable bonds is 9. The van der Waals surface area contributed by atoms with E-state index in [0.29, 0.717) is 13.0 Å². The van der Waals surface area contributed by atoms with E-state index in [1.807, 2.05) is 36.4 Å². The lowest BCUT2D eigenvalue weighted by Gasteiger charge is -2.14. The van der Waals surface area contributed by atoms with Crippen molar-refractivity contribution in [1.82, 2.24) is 4.57 Å². The number of carbonyl (C=O) groups is 1. The molecule has 0 aliphatic carbocycles. The molecule has 124 valence electrons. The van der Waals surface area contributed by atoms with Gasteiger partial charge in [-0.1, -0.05) is 0 Å². The van der Waals surface area contributed by atoms with Gasteiger partial charge in [-0.2, -0.15) is 0 Å². The summed E-state index contributed by atoms with van der Waals surface area (Å²) in [6.45, 7) is 1.48. The van der Waals surface area contributed by atoms with E-state index < -0.39 is 5.97 Å². The van der Waals surface area contributed by atoms with Gasteiger partial charge >= 0.3 is 5.97 Å². The Morgan fingerprint density at radius 2 is 1.87 bits per heavy atom. The number of hydrogen-bond acceptors (Lipinski definition) is 3. The number of methoxy groups -OCH3 is 2. The summed E-state index contributed by atoms with van der Waals surface area (Å²) < 4.78 is 12.5. The summed E-state index contributed by atoms with van der Waals surface area (Å²) in [7, 11) is 3.33. The van der Waals surface area contributed by atoms with Crippen LogP contribution in [0.2, 0.25) is 0 Å². The molecule has 1 heterocycles. The van der Waals surface area contributed by atoms with Crippen LogP contribution >= 0.6 is 0 Å². The number of aliphatic carboxylic acids is 1. The van der Waals surface area contributed by atoms with Crippen molar-refractivity contribution in [3.8, 4) is 17.0 Å². The zero-order valence-corrected chi connectivity index (χ0v) is 13.6. The van der Waals surface area contributed by atoms with E-state index in [4.69, 9.17) is 14.6 Å². The standard InChI is InChI=1S/C18H23NO4/c1-22-13-3-12-19-15(7-11-18(20)21)6-10-17(19)14-4-8-16(23-2)9-5-14/h4-6,8-10H,3,7,11-13H2,1-2H3,(H,20,21). The Morgan fingerprint density at radius 3 is 2.48 bits per heavy atom. The normalized spacial score (nSPS) is 10.7. The molecule has 1 aromatic carbocycles. The van der Waals surface area contributed by atoms with Gasteiger partial charge in [-0.05, 0) is 54.8 Å². The summed E-state index contributed by atoms with van der Waals surface area (Å²) in [5.41, 5.74) is 3.21. The third-order valence-corrected chi connectivity index (χ3v) is 3.78. The first-order chi connectivity index (χ1) is 11.2. The second kappa shape index (κ2) is 8.39.